The minimum Gasteiger partial charge on any atom is -0.431 e. The second kappa shape index (κ2) is 7.76. The van der Waals surface area contributed by atoms with Crippen molar-refractivity contribution in [1.29, 1.82) is 0 Å². The van der Waals surface area contributed by atoms with E-state index in [4.69, 9.17) is 4.42 Å². The molecule has 7 heteroatoms. The summed E-state index contributed by atoms with van der Waals surface area (Å²) in [6.07, 6.45) is 1.50. The van der Waals surface area contributed by atoms with Crippen molar-refractivity contribution in [2.24, 2.45) is 0 Å². The lowest BCUT2D eigenvalue weighted by atomic mass is 10.2. The Morgan fingerprint density at radius 3 is 2.52 bits per heavy atom. The third-order valence-electron chi connectivity index (χ3n) is 3.23. The maximum atomic E-state index is 12.9. The standard InChI is InChI=1S/C18H13FN2O3S/c19-14-8-6-12(7-9-14)15-10-20-18(24-15)25-11-16(22)21-17(23)13-4-2-1-3-5-13/h1-10H,11H2,(H,21,22,23). The van der Waals surface area contributed by atoms with Crippen molar-refractivity contribution in [1.82, 2.24) is 10.3 Å². The van der Waals surface area contributed by atoms with Gasteiger partial charge < -0.3 is 4.42 Å². The third kappa shape index (κ3) is 4.54. The van der Waals surface area contributed by atoms with Crippen molar-refractivity contribution >= 4 is 23.6 Å². The van der Waals surface area contributed by atoms with E-state index >= 15 is 0 Å². The van der Waals surface area contributed by atoms with Crippen LogP contribution in [0.4, 0.5) is 4.39 Å². The quantitative estimate of drug-likeness (QED) is 0.708. The average Bonchev–Trinajstić information content (AvgIpc) is 3.10. The Bertz CT molecular complexity index is 879. The largest absolute Gasteiger partial charge is 0.431 e. The van der Waals surface area contributed by atoms with Gasteiger partial charge in [-0.25, -0.2) is 9.37 Å². The van der Waals surface area contributed by atoms with Gasteiger partial charge in [0.25, 0.3) is 11.1 Å². The fourth-order valence-corrected chi connectivity index (χ4v) is 2.63. The zero-order valence-electron chi connectivity index (χ0n) is 12.9. The molecule has 1 aromatic heterocycles. The monoisotopic (exact) mass is 356 g/mol. The second-order valence-corrected chi connectivity index (χ2v) is 5.96. The smallest absolute Gasteiger partial charge is 0.257 e. The lowest BCUT2D eigenvalue weighted by Gasteiger charge is -2.02. The third-order valence-corrected chi connectivity index (χ3v) is 4.07. The van der Waals surface area contributed by atoms with E-state index in [1.54, 1.807) is 42.5 Å². The summed E-state index contributed by atoms with van der Waals surface area (Å²) in [6, 6.07) is 14.3. The van der Waals surface area contributed by atoms with E-state index in [-0.39, 0.29) is 11.6 Å². The van der Waals surface area contributed by atoms with Gasteiger partial charge in [-0.3, -0.25) is 14.9 Å². The fraction of sp³-hybridized carbons (Fsp3) is 0.0556. The highest BCUT2D eigenvalue weighted by Crippen LogP contribution is 2.25. The Morgan fingerprint density at radius 2 is 1.80 bits per heavy atom. The molecular formula is C18H13FN2O3S. The molecule has 0 atom stereocenters. The Kier molecular flexibility index (Phi) is 5.25. The molecule has 1 heterocycles. The number of carbonyl (C=O) groups excluding carboxylic acids is 2. The molecule has 0 aliphatic rings. The molecule has 126 valence electrons. The lowest BCUT2D eigenvalue weighted by molar-refractivity contribution is -0.117. The van der Waals surface area contributed by atoms with Crippen LogP contribution in [0.25, 0.3) is 11.3 Å². The van der Waals surface area contributed by atoms with Crippen LogP contribution < -0.4 is 5.32 Å². The van der Waals surface area contributed by atoms with Gasteiger partial charge in [0.05, 0.1) is 11.9 Å². The van der Waals surface area contributed by atoms with E-state index in [2.05, 4.69) is 10.3 Å². The summed E-state index contributed by atoms with van der Waals surface area (Å²) >= 11 is 1.07. The number of rotatable bonds is 5. The predicted octanol–water partition coefficient (Wildman–Crippen LogP) is 3.53. The van der Waals surface area contributed by atoms with Crippen LogP contribution in [0.2, 0.25) is 0 Å². The minimum atomic E-state index is -0.453. The van der Waals surface area contributed by atoms with Gasteiger partial charge in [-0.15, -0.1) is 0 Å². The zero-order valence-corrected chi connectivity index (χ0v) is 13.8. The number of carbonyl (C=O) groups is 2. The van der Waals surface area contributed by atoms with Gasteiger partial charge in [0, 0.05) is 11.1 Å². The van der Waals surface area contributed by atoms with Crippen LogP contribution in [0.3, 0.4) is 0 Å². The van der Waals surface area contributed by atoms with Crippen molar-refractivity contribution in [3.05, 3.63) is 72.2 Å². The number of nitrogens with one attached hydrogen (secondary N) is 1. The molecule has 25 heavy (non-hydrogen) atoms. The van der Waals surface area contributed by atoms with Crippen molar-refractivity contribution < 1.29 is 18.4 Å². The zero-order chi connectivity index (χ0) is 17.6. The van der Waals surface area contributed by atoms with Gasteiger partial charge in [0.2, 0.25) is 5.91 Å². The van der Waals surface area contributed by atoms with Crippen LogP contribution in [0.5, 0.6) is 0 Å². The Morgan fingerprint density at radius 1 is 1.08 bits per heavy atom. The van der Waals surface area contributed by atoms with E-state index in [0.29, 0.717) is 22.1 Å². The Balaban J connectivity index is 1.54. The maximum absolute atomic E-state index is 12.9. The molecule has 0 saturated carbocycles. The number of halogens is 1. The number of amides is 2. The summed E-state index contributed by atoms with van der Waals surface area (Å²) < 4.78 is 18.4. The summed E-state index contributed by atoms with van der Waals surface area (Å²) in [5.41, 5.74) is 1.10. The van der Waals surface area contributed by atoms with Crippen LogP contribution in [0.15, 0.2) is 70.4 Å². The van der Waals surface area contributed by atoms with Crippen molar-refractivity contribution in [3.63, 3.8) is 0 Å². The van der Waals surface area contributed by atoms with Gasteiger partial charge in [0.15, 0.2) is 5.76 Å². The first kappa shape index (κ1) is 16.9. The molecule has 2 aromatic carbocycles. The minimum absolute atomic E-state index is 0.0120. The molecule has 3 rings (SSSR count). The molecular weight excluding hydrogens is 343 g/mol. The fourth-order valence-electron chi connectivity index (χ4n) is 2.02. The number of thioether (sulfide) groups is 1. The molecule has 0 aliphatic heterocycles. The van der Waals surface area contributed by atoms with E-state index in [1.807, 2.05) is 0 Å². The molecule has 0 saturated heterocycles. The van der Waals surface area contributed by atoms with Crippen molar-refractivity contribution in [2.75, 3.05) is 5.75 Å². The van der Waals surface area contributed by atoms with Crippen LogP contribution in [-0.2, 0) is 4.79 Å². The van der Waals surface area contributed by atoms with E-state index in [0.717, 1.165) is 11.8 Å². The van der Waals surface area contributed by atoms with E-state index in [1.165, 1.54) is 18.3 Å². The predicted molar refractivity (Wildman–Crippen MR) is 91.5 cm³/mol. The molecule has 3 aromatic rings. The van der Waals surface area contributed by atoms with E-state index < -0.39 is 11.8 Å². The molecule has 1 N–H and O–H groups in total. The molecule has 0 unspecified atom stereocenters. The molecule has 0 aliphatic carbocycles. The van der Waals surface area contributed by atoms with Crippen LogP contribution >= 0.6 is 11.8 Å². The number of oxazole rings is 1. The molecule has 0 spiro atoms. The second-order valence-electron chi connectivity index (χ2n) is 5.03. The molecule has 0 radical (unpaired) electrons. The summed E-state index contributed by atoms with van der Waals surface area (Å²) in [5, 5.41) is 2.59. The number of aromatic nitrogens is 1. The maximum Gasteiger partial charge on any atom is 0.257 e. The van der Waals surface area contributed by atoms with Crippen molar-refractivity contribution in [2.45, 2.75) is 5.22 Å². The van der Waals surface area contributed by atoms with Crippen LogP contribution in [-0.4, -0.2) is 22.6 Å². The van der Waals surface area contributed by atoms with E-state index in [9.17, 15) is 14.0 Å². The molecule has 5 nitrogen and oxygen atoms in total. The molecule has 0 bridgehead atoms. The average molecular weight is 356 g/mol. The van der Waals surface area contributed by atoms with Crippen molar-refractivity contribution in [3.8, 4) is 11.3 Å². The molecule has 0 fully saturated rings. The first-order valence-corrected chi connectivity index (χ1v) is 8.34. The summed E-state index contributed by atoms with van der Waals surface area (Å²) in [6.45, 7) is 0. The molecule has 2 amide bonds. The van der Waals surface area contributed by atoms with Gasteiger partial charge in [-0.05, 0) is 36.4 Å². The topological polar surface area (TPSA) is 72.2 Å². The SMILES string of the molecule is O=C(CSc1ncc(-c2ccc(F)cc2)o1)NC(=O)c1ccccc1. The highest BCUT2D eigenvalue weighted by atomic mass is 32.2. The summed E-state index contributed by atoms with van der Waals surface area (Å²) in [7, 11) is 0. The first-order valence-electron chi connectivity index (χ1n) is 7.35. The van der Waals surface area contributed by atoms with Gasteiger partial charge in [0.1, 0.15) is 5.82 Å². The highest BCUT2D eigenvalue weighted by molar-refractivity contribution is 7.99. The summed E-state index contributed by atoms with van der Waals surface area (Å²) in [5.74, 6) is -0.769. The lowest BCUT2D eigenvalue weighted by Crippen LogP contribution is -2.31. The van der Waals surface area contributed by atoms with Gasteiger partial charge in [-0.1, -0.05) is 30.0 Å². The highest BCUT2D eigenvalue weighted by Gasteiger charge is 2.13. The Labute approximate surface area is 147 Å². The number of nitrogens with zero attached hydrogens (tertiary/aromatic N) is 1. The van der Waals surface area contributed by atoms with Gasteiger partial charge in [-0.2, -0.15) is 0 Å². The number of hydrogen-bond donors (Lipinski definition) is 1. The normalized spacial score (nSPS) is 10.4. The number of benzene rings is 2. The van der Waals surface area contributed by atoms with Gasteiger partial charge >= 0.3 is 0 Å². The van der Waals surface area contributed by atoms with Crippen LogP contribution in [0, 0.1) is 5.82 Å². The number of hydrogen-bond acceptors (Lipinski definition) is 5. The van der Waals surface area contributed by atoms with Crippen LogP contribution in [0.1, 0.15) is 10.4 Å². The first-order chi connectivity index (χ1) is 12.1. The number of imide groups is 1. The summed E-state index contributed by atoms with van der Waals surface area (Å²) in [4.78, 5) is 27.8. The Hall–Kier alpha value is -2.93.